The molecule has 1 aromatic heterocycles. The highest BCUT2D eigenvalue weighted by atomic mass is 16.5. The number of Topliss-reactive ketones (excluding diaryl/α,β-unsaturated/α-hetero) is 1. The summed E-state index contributed by atoms with van der Waals surface area (Å²) < 4.78 is 11.2. The van der Waals surface area contributed by atoms with E-state index in [-0.39, 0.29) is 24.0 Å². The van der Waals surface area contributed by atoms with Gasteiger partial charge in [-0.25, -0.2) is 0 Å². The van der Waals surface area contributed by atoms with Crippen LogP contribution >= 0.6 is 0 Å². The topological polar surface area (TPSA) is 143 Å². The number of nitrogens with one attached hydrogen (secondary N) is 1. The molecule has 4 atom stereocenters. The summed E-state index contributed by atoms with van der Waals surface area (Å²) in [7, 11) is 2.71. The number of carbonyl (C=O) groups excluding carboxylic acids is 1. The summed E-state index contributed by atoms with van der Waals surface area (Å²) in [6, 6.07) is -0.0478. The van der Waals surface area contributed by atoms with Crippen LogP contribution in [0, 0.1) is 0 Å². The average Bonchev–Trinajstić information content (AvgIpc) is 2.50. The van der Waals surface area contributed by atoms with Crippen LogP contribution in [0.4, 0.5) is 5.82 Å². The molecule has 0 spiro atoms. The zero-order valence-corrected chi connectivity index (χ0v) is 12.9. The zero-order valence-electron chi connectivity index (χ0n) is 12.9. The number of rotatable bonds is 4. The molecule has 0 amide bonds. The van der Waals surface area contributed by atoms with Gasteiger partial charge in [0.2, 0.25) is 0 Å². The number of anilines is 1. The van der Waals surface area contributed by atoms with Gasteiger partial charge in [-0.05, 0) is 6.92 Å². The van der Waals surface area contributed by atoms with Crippen LogP contribution in [-0.2, 0) is 11.8 Å². The lowest BCUT2D eigenvalue weighted by molar-refractivity contribution is -0.178. The SMILES string of the molecule is COc1nc(N[C@H]2OC[C@@H](O)[C@@H](O)[C@@H]2O)c(C(C)=O)c(=O)n1C. The Morgan fingerprint density at radius 2 is 2.04 bits per heavy atom. The average molecular weight is 329 g/mol. The molecule has 1 aliphatic rings. The fraction of sp³-hybridized carbons (Fsp3) is 0.615. The number of aliphatic hydroxyl groups is 3. The van der Waals surface area contributed by atoms with Crippen molar-refractivity contribution in [3.05, 3.63) is 15.9 Å². The molecule has 128 valence electrons. The minimum absolute atomic E-state index is 0.0478. The lowest BCUT2D eigenvalue weighted by Crippen LogP contribution is -2.55. The number of ether oxygens (including phenoxy) is 2. The Morgan fingerprint density at radius 3 is 2.61 bits per heavy atom. The Morgan fingerprint density at radius 1 is 1.39 bits per heavy atom. The van der Waals surface area contributed by atoms with Crippen LogP contribution < -0.4 is 15.6 Å². The van der Waals surface area contributed by atoms with Crippen LogP contribution in [0.15, 0.2) is 4.79 Å². The quantitative estimate of drug-likeness (QED) is 0.454. The molecule has 10 nitrogen and oxygen atoms in total. The molecule has 2 rings (SSSR count). The van der Waals surface area contributed by atoms with Gasteiger partial charge in [0.15, 0.2) is 12.0 Å². The highest BCUT2D eigenvalue weighted by Gasteiger charge is 2.38. The predicted octanol–water partition coefficient (Wildman–Crippen LogP) is -2.16. The van der Waals surface area contributed by atoms with E-state index in [4.69, 9.17) is 9.47 Å². The third-order valence-corrected chi connectivity index (χ3v) is 3.56. The number of aromatic nitrogens is 2. The molecular formula is C13H19N3O7. The first-order valence-electron chi connectivity index (χ1n) is 6.86. The van der Waals surface area contributed by atoms with Gasteiger partial charge < -0.3 is 30.1 Å². The summed E-state index contributed by atoms with van der Waals surface area (Å²) in [5.74, 6) is -0.667. The van der Waals surface area contributed by atoms with Crippen molar-refractivity contribution in [2.75, 3.05) is 19.0 Å². The van der Waals surface area contributed by atoms with Crippen molar-refractivity contribution in [3.63, 3.8) is 0 Å². The lowest BCUT2D eigenvalue weighted by atomic mass is 10.0. The minimum Gasteiger partial charge on any atom is -0.468 e. The van der Waals surface area contributed by atoms with E-state index >= 15 is 0 Å². The summed E-state index contributed by atoms with van der Waals surface area (Å²) in [5.41, 5.74) is -0.859. The van der Waals surface area contributed by atoms with Crippen molar-refractivity contribution < 1.29 is 29.6 Å². The largest absolute Gasteiger partial charge is 0.468 e. The molecule has 23 heavy (non-hydrogen) atoms. The molecule has 2 heterocycles. The number of methoxy groups -OCH3 is 1. The van der Waals surface area contributed by atoms with Gasteiger partial charge in [-0.15, -0.1) is 0 Å². The molecule has 1 saturated heterocycles. The summed E-state index contributed by atoms with van der Waals surface area (Å²) in [6.45, 7) is 0.972. The molecular weight excluding hydrogens is 310 g/mol. The number of nitrogens with zero attached hydrogens (tertiary/aromatic N) is 2. The summed E-state index contributed by atoms with van der Waals surface area (Å²) in [5, 5.41) is 31.6. The molecule has 0 unspecified atom stereocenters. The first kappa shape index (κ1) is 17.3. The van der Waals surface area contributed by atoms with Crippen molar-refractivity contribution in [1.82, 2.24) is 9.55 Å². The van der Waals surface area contributed by atoms with Gasteiger partial charge in [-0.2, -0.15) is 4.98 Å². The first-order chi connectivity index (χ1) is 10.8. The van der Waals surface area contributed by atoms with Crippen LogP contribution in [0.3, 0.4) is 0 Å². The van der Waals surface area contributed by atoms with Gasteiger partial charge in [0.1, 0.15) is 29.7 Å². The summed E-state index contributed by atoms with van der Waals surface area (Å²) in [6.07, 6.45) is -5.30. The van der Waals surface area contributed by atoms with Gasteiger partial charge in [-0.1, -0.05) is 0 Å². The van der Waals surface area contributed by atoms with E-state index < -0.39 is 35.9 Å². The predicted molar refractivity (Wildman–Crippen MR) is 77.4 cm³/mol. The van der Waals surface area contributed by atoms with Gasteiger partial charge >= 0.3 is 6.01 Å². The molecule has 10 heteroatoms. The second kappa shape index (κ2) is 6.62. The maximum absolute atomic E-state index is 12.2. The monoisotopic (exact) mass is 329 g/mol. The van der Waals surface area contributed by atoms with E-state index in [0.717, 1.165) is 4.57 Å². The fourth-order valence-corrected chi connectivity index (χ4v) is 2.25. The van der Waals surface area contributed by atoms with E-state index in [0.29, 0.717) is 0 Å². The molecule has 0 bridgehead atoms. The summed E-state index contributed by atoms with van der Waals surface area (Å²) >= 11 is 0. The first-order valence-corrected chi connectivity index (χ1v) is 6.86. The second-order valence-electron chi connectivity index (χ2n) is 5.19. The molecule has 1 fully saturated rings. The van der Waals surface area contributed by atoms with Crippen molar-refractivity contribution in [1.29, 1.82) is 0 Å². The molecule has 0 aromatic carbocycles. The number of hydrogen-bond donors (Lipinski definition) is 4. The fourth-order valence-electron chi connectivity index (χ4n) is 2.25. The third-order valence-electron chi connectivity index (χ3n) is 3.56. The minimum atomic E-state index is -1.48. The van der Waals surface area contributed by atoms with E-state index in [9.17, 15) is 24.9 Å². The molecule has 1 aliphatic heterocycles. The van der Waals surface area contributed by atoms with E-state index in [1.165, 1.54) is 21.1 Å². The van der Waals surface area contributed by atoms with Crippen molar-refractivity contribution in [3.8, 4) is 6.01 Å². The van der Waals surface area contributed by atoms with E-state index in [1.54, 1.807) is 0 Å². The maximum atomic E-state index is 12.2. The highest BCUT2D eigenvalue weighted by molar-refractivity contribution is 5.98. The number of hydrogen-bond acceptors (Lipinski definition) is 9. The number of carbonyl (C=O) groups is 1. The van der Waals surface area contributed by atoms with Crippen LogP contribution in [0.5, 0.6) is 6.01 Å². The van der Waals surface area contributed by atoms with Gasteiger partial charge in [0.25, 0.3) is 5.56 Å². The molecule has 0 saturated carbocycles. The second-order valence-corrected chi connectivity index (χ2v) is 5.19. The molecule has 0 radical (unpaired) electrons. The normalized spacial score (nSPS) is 27.6. The van der Waals surface area contributed by atoms with Crippen LogP contribution in [0.1, 0.15) is 17.3 Å². The Balaban J connectivity index is 2.41. The number of ketones is 1. The van der Waals surface area contributed by atoms with Crippen LogP contribution in [0.25, 0.3) is 0 Å². The summed E-state index contributed by atoms with van der Waals surface area (Å²) in [4.78, 5) is 28.0. The molecule has 1 aromatic rings. The lowest BCUT2D eigenvalue weighted by Gasteiger charge is -2.35. The Labute approximate surface area is 131 Å². The zero-order chi connectivity index (χ0) is 17.3. The van der Waals surface area contributed by atoms with Gasteiger partial charge in [0.05, 0.1) is 13.7 Å². The van der Waals surface area contributed by atoms with E-state index in [2.05, 4.69) is 10.3 Å². The van der Waals surface area contributed by atoms with Gasteiger partial charge in [-0.3, -0.25) is 14.2 Å². The van der Waals surface area contributed by atoms with Crippen molar-refractivity contribution in [2.45, 2.75) is 31.5 Å². The Hall–Kier alpha value is -2.01. The Kier molecular flexibility index (Phi) is 5.00. The smallest absolute Gasteiger partial charge is 0.300 e. The van der Waals surface area contributed by atoms with Crippen molar-refractivity contribution in [2.24, 2.45) is 7.05 Å². The molecule has 4 N–H and O–H groups in total. The van der Waals surface area contributed by atoms with E-state index in [1.807, 2.05) is 0 Å². The Bertz CT molecular complexity index is 660. The number of aliphatic hydroxyl groups excluding tert-OH is 3. The molecule has 0 aliphatic carbocycles. The van der Waals surface area contributed by atoms with Crippen molar-refractivity contribution >= 4 is 11.6 Å². The van der Waals surface area contributed by atoms with Crippen LogP contribution in [-0.4, -0.2) is 68.9 Å². The third kappa shape index (κ3) is 3.20. The standard InChI is InChI=1S/C13H19N3O7/c1-5(17)7-10(15-13(22-3)16(2)12(7)21)14-11-9(20)8(19)6(18)4-23-11/h6,8-9,11,14,18-20H,4H2,1-3H3/t6-,8-,9+,11+/m1/s1. The van der Waals surface area contributed by atoms with Crippen LogP contribution in [0.2, 0.25) is 0 Å². The highest BCUT2D eigenvalue weighted by Crippen LogP contribution is 2.20. The van der Waals surface area contributed by atoms with Gasteiger partial charge in [0, 0.05) is 7.05 Å². The maximum Gasteiger partial charge on any atom is 0.300 e.